The van der Waals surface area contributed by atoms with E-state index < -0.39 is 5.97 Å². The van der Waals surface area contributed by atoms with Crippen molar-refractivity contribution in [2.45, 2.75) is 32.9 Å². The van der Waals surface area contributed by atoms with E-state index in [1.165, 1.54) is 6.92 Å². The number of carboxylic acid groups (broad SMARTS) is 1. The number of amides is 1. The van der Waals surface area contributed by atoms with E-state index in [4.69, 9.17) is 17.0 Å². The molecule has 3 heterocycles. The topological polar surface area (TPSA) is 109 Å². The van der Waals surface area contributed by atoms with Gasteiger partial charge in [-0.25, -0.2) is 4.79 Å². The molecule has 40 heavy (non-hydrogen) atoms. The first kappa shape index (κ1) is 26.9. The maximum absolute atomic E-state index is 12.1. The van der Waals surface area contributed by atoms with Gasteiger partial charge in [0, 0.05) is 30.2 Å². The maximum atomic E-state index is 12.1. The van der Waals surface area contributed by atoms with Crippen molar-refractivity contribution >= 4 is 40.6 Å². The van der Waals surface area contributed by atoms with Crippen molar-refractivity contribution < 1.29 is 19.4 Å². The Bertz CT molecular complexity index is 1620. The molecule has 0 unspecified atom stereocenters. The molecule has 1 aliphatic rings. The SMILES string of the molecule is COc1ccc(N2C(=S)N[C@H](c3ccccn3)[C@H]2c2cc(C)n(-c3ccccc3C(=O)O)c2C)cc1NC(C)=O. The number of hydrogen-bond donors (Lipinski definition) is 3. The van der Waals surface area contributed by atoms with Gasteiger partial charge in [0.2, 0.25) is 5.91 Å². The summed E-state index contributed by atoms with van der Waals surface area (Å²) in [6.45, 7) is 5.38. The van der Waals surface area contributed by atoms with Crippen LogP contribution in [0.1, 0.15) is 52.0 Å². The van der Waals surface area contributed by atoms with E-state index >= 15 is 0 Å². The molecule has 1 aliphatic heterocycles. The van der Waals surface area contributed by atoms with E-state index in [1.54, 1.807) is 31.5 Å². The van der Waals surface area contributed by atoms with Crippen molar-refractivity contribution in [3.05, 3.63) is 101 Å². The zero-order valence-corrected chi connectivity index (χ0v) is 23.3. The molecular weight excluding hydrogens is 526 g/mol. The molecule has 2 atom stereocenters. The molecule has 0 spiro atoms. The standard InChI is InChI=1S/C30H29N5O4S/c1-17-15-22(18(2)34(17)25-11-6-5-9-21(25)29(37)38)28-27(23-10-7-8-14-31-23)33-30(40)35(28)20-12-13-26(39-4)24(16-20)32-19(3)36/h5-16,27-28H,1-4H3,(H,32,36)(H,33,40)(H,37,38)/t27-,28-/m1/s1. The van der Waals surface area contributed by atoms with Gasteiger partial charge in [-0.05, 0) is 80.2 Å². The number of pyridine rings is 1. The predicted octanol–water partition coefficient (Wildman–Crippen LogP) is 5.33. The molecule has 0 aliphatic carbocycles. The summed E-state index contributed by atoms with van der Waals surface area (Å²) in [7, 11) is 1.55. The molecule has 3 N–H and O–H groups in total. The number of thiocarbonyl (C=S) groups is 1. The van der Waals surface area contributed by atoms with Crippen LogP contribution >= 0.6 is 12.2 Å². The molecule has 2 aromatic carbocycles. The number of aromatic carboxylic acids is 1. The minimum Gasteiger partial charge on any atom is -0.495 e. The van der Waals surface area contributed by atoms with Crippen molar-refractivity contribution in [3.8, 4) is 11.4 Å². The van der Waals surface area contributed by atoms with Crippen molar-refractivity contribution in [1.29, 1.82) is 0 Å². The number of methoxy groups -OCH3 is 1. The van der Waals surface area contributed by atoms with Crippen molar-refractivity contribution in [2.24, 2.45) is 0 Å². The van der Waals surface area contributed by atoms with Gasteiger partial charge in [0.05, 0.1) is 41.8 Å². The van der Waals surface area contributed by atoms with Gasteiger partial charge in [-0.3, -0.25) is 9.78 Å². The third kappa shape index (κ3) is 4.77. The Balaban J connectivity index is 1.70. The zero-order valence-electron chi connectivity index (χ0n) is 22.5. The monoisotopic (exact) mass is 555 g/mol. The highest BCUT2D eigenvalue weighted by atomic mass is 32.1. The lowest BCUT2D eigenvalue weighted by Gasteiger charge is -2.29. The molecule has 1 fully saturated rings. The van der Waals surface area contributed by atoms with E-state index in [-0.39, 0.29) is 23.6 Å². The smallest absolute Gasteiger partial charge is 0.337 e. The van der Waals surface area contributed by atoms with E-state index in [9.17, 15) is 14.7 Å². The fourth-order valence-electron chi connectivity index (χ4n) is 5.39. The van der Waals surface area contributed by atoms with Gasteiger partial charge in [-0.1, -0.05) is 18.2 Å². The lowest BCUT2D eigenvalue weighted by atomic mass is 9.96. The van der Waals surface area contributed by atoms with Crippen LogP contribution < -0.4 is 20.3 Å². The summed E-state index contributed by atoms with van der Waals surface area (Å²) in [4.78, 5) is 30.6. The zero-order chi connectivity index (χ0) is 28.6. The molecule has 0 saturated carbocycles. The number of carboxylic acids is 1. The Morgan fingerprint density at radius 1 is 1.07 bits per heavy atom. The van der Waals surface area contributed by atoms with Crippen LogP contribution in [0.5, 0.6) is 5.75 Å². The fraction of sp³-hybridized carbons (Fsp3) is 0.200. The molecule has 4 aromatic rings. The van der Waals surface area contributed by atoms with E-state index in [0.29, 0.717) is 22.2 Å². The third-order valence-corrected chi connectivity index (χ3v) is 7.35. The molecule has 1 amide bonds. The average Bonchev–Trinajstić information content (AvgIpc) is 3.43. The fourth-order valence-corrected chi connectivity index (χ4v) is 5.74. The Hall–Kier alpha value is -4.70. The molecule has 204 valence electrons. The predicted molar refractivity (Wildman–Crippen MR) is 157 cm³/mol. The average molecular weight is 556 g/mol. The summed E-state index contributed by atoms with van der Waals surface area (Å²) in [6.07, 6.45) is 1.74. The number of rotatable bonds is 7. The Morgan fingerprint density at radius 3 is 2.50 bits per heavy atom. The van der Waals surface area contributed by atoms with Crippen LogP contribution in [0.25, 0.3) is 5.69 Å². The van der Waals surface area contributed by atoms with Gasteiger partial charge in [0.1, 0.15) is 5.75 Å². The summed E-state index contributed by atoms with van der Waals surface area (Å²) in [5, 5.41) is 16.7. The van der Waals surface area contributed by atoms with E-state index in [0.717, 1.165) is 28.3 Å². The third-order valence-electron chi connectivity index (χ3n) is 7.03. The first-order valence-electron chi connectivity index (χ1n) is 12.7. The molecular formula is C30H29N5O4S. The molecule has 9 nitrogen and oxygen atoms in total. The Labute approximate surface area is 237 Å². The lowest BCUT2D eigenvalue weighted by molar-refractivity contribution is -0.114. The second kappa shape index (κ2) is 10.8. The van der Waals surface area contributed by atoms with Crippen LogP contribution in [0, 0.1) is 13.8 Å². The van der Waals surface area contributed by atoms with Crippen LogP contribution in [0.4, 0.5) is 11.4 Å². The molecule has 0 radical (unpaired) electrons. The van der Waals surface area contributed by atoms with Crippen molar-refractivity contribution in [1.82, 2.24) is 14.9 Å². The van der Waals surface area contributed by atoms with Gasteiger partial charge < -0.3 is 29.9 Å². The van der Waals surface area contributed by atoms with Crippen molar-refractivity contribution in [3.63, 3.8) is 0 Å². The Kier molecular flexibility index (Phi) is 7.27. The normalized spacial score (nSPS) is 16.5. The number of benzene rings is 2. The van der Waals surface area contributed by atoms with E-state index in [2.05, 4.69) is 21.7 Å². The van der Waals surface area contributed by atoms with Crippen LogP contribution in [-0.4, -0.2) is 38.8 Å². The Morgan fingerprint density at radius 2 is 1.82 bits per heavy atom. The van der Waals surface area contributed by atoms with Gasteiger partial charge >= 0.3 is 5.97 Å². The van der Waals surface area contributed by atoms with E-state index in [1.807, 2.05) is 65.8 Å². The highest BCUT2D eigenvalue weighted by Gasteiger charge is 2.42. The summed E-state index contributed by atoms with van der Waals surface area (Å²) >= 11 is 5.88. The number of nitrogens with one attached hydrogen (secondary N) is 2. The van der Waals surface area contributed by atoms with Crippen LogP contribution in [0.15, 0.2) is 72.9 Å². The largest absolute Gasteiger partial charge is 0.495 e. The maximum Gasteiger partial charge on any atom is 0.337 e. The molecule has 10 heteroatoms. The lowest BCUT2D eigenvalue weighted by Crippen LogP contribution is -2.29. The number of ether oxygens (including phenoxy) is 1. The number of anilines is 2. The number of aryl methyl sites for hydroxylation is 1. The number of aromatic nitrogens is 2. The van der Waals surface area contributed by atoms with Crippen LogP contribution in [0.2, 0.25) is 0 Å². The molecule has 2 aromatic heterocycles. The van der Waals surface area contributed by atoms with Crippen LogP contribution in [0.3, 0.4) is 0 Å². The first-order valence-corrected chi connectivity index (χ1v) is 13.1. The van der Waals surface area contributed by atoms with Gasteiger partial charge in [0.15, 0.2) is 5.11 Å². The number of para-hydroxylation sites is 1. The number of hydrogen-bond acceptors (Lipinski definition) is 5. The number of nitrogens with zero attached hydrogens (tertiary/aromatic N) is 3. The minimum atomic E-state index is -0.995. The highest BCUT2D eigenvalue weighted by molar-refractivity contribution is 7.80. The number of carbonyl (C=O) groups is 2. The summed E-state index contributed by atoms with van der Waals surface area (Å²) in [5.74, 6) is -0.690. The van der Waals surface area contributed by atoms with Crippen LogP contribution in [-0.2, 0) is 4.79 Å². The molecule has 5 rings (SSSR count). The summed E-state index contributed by atoms with van der Waals surface area (Å²) < 4.78 is 7.43. The van der Waals surface area contributed by atoms with Crippen molar-refractivity contribution in [2.75, 3.05) is 17.3 Å². The van der Waals surface area contributed by atoms with Gasteiger partial charge in [0.25, 0.3) is 0 Å². The van der Waals surface area contributed by atoms with Gasteiger partial charge in [-0.15, -0.1) is 0 Å². The first-order chi connectivity index (χ1) is 19.2. The minimum absolute atomic E-state index is 0.212. The second-order valence-corrected chi connectivity index (χ2v) is 9.93. The number of carbonyl (C=O) groups excluding carboxylic acids is 1. The van der Waals surface area contributed by atoms with Gasteiger partial charge in [-0.2, -0.15) is 0 Å². The molecule has 0 bridgehead atoms. The summed E-state index contributed by atoms with van der Waals surface area (Å²) in [6, 6.07) is 19.7. The quantitative estimate of drug-likeness (QED) is 0.263. The summed E-state index contributed by atoms with van der Waals surface area (Å²) in [5.41, 5.74) is 5.60. The molecule has 1 saturated heterocycles. The second-order valence-electron chi connectivity index (χ2n) is 9.55. The highest BCUT2D eigenvalue weighted by Crippen LogP contribution is 2.45.